The number of carbonyl (C=O) groups is 1. The number of halogens is 2. The molecule has 1 aromatic rings. The van der Waals surface area contributed by atoms with Gasteiger partial charge in [0.2, 0.25) is 5.95 Å². The number of pyridine rings is 1. The van der Waals surface area contributed by atoms with Gasteiger partial charge >= 0.3 is 5.97 Å². The third-order valence-corrected chi connectivity index (χ3v) is 1.73. The van der Waals surface area contributed by atoms with Crippen LogP contribution in [0.15, 0.2) is 12.3 Å². The molecule has 0 radical (unpaired) electrons. The maximum Gasteiger partial charge on any atom is 0.341 e. The van der Waals surface area contributed by atoms with E-state index in [9.17, 15) is 13.6 Å². The van der Waals surface area contributed by atoms with Gasteiger partial charge in [0, 0.05) is 12.8 Å². The molecular weight excluding hydrogens is 220 g/mol. The Bertz CT molecular complexity index is 371. The van der Waals surface area contributed by atoms with Gasteiger partial charge in [-0.05, 0) is 13.0 Å². The summed E-state index contributed by atoms with van der Waals surface area (Å²) in [6.45, 7) is 2.50. The van der Waals surface area contributed by atoms with Gasteiger partial charge in [-0.3, -0.25) is 0 Å². The molecule has 1 rings (SSSR count). The van der Waals surface area contributed by atoms with Gasteiger partial charge in [-0.2, -0.15) is 4.39 Å². The highest BCUT2D eigenvalue weighted by molar-refractivity contribution is 5.89. The fraction of sp³-hybridized carbons (Fsp3) is 0.400. The lowest BCUT2D eigenvalue weighted by atomic mass is 10.2. The van der Waals surface area contributed by atoms with Gasteiger partial charge < -0.3 is 9.47 Å². The predicted octanol–water partition coefficient (Wildman–Crippen LogP) is 1.55. The van der Waals surface area contributed by atoms with E-state index in [1.165, 1.54) is 0 Å². The van der Waals surface area contributed by atoms with E-state index in [1.807, 2.05) is 0 Å². The van der Waals surface area contributed by atoms with E-state index in [-0.39, 0.29) is 13.2 Å². The Labute approximate surface area is 91.2 Å². The van der Waals surface area contributed by atoms with Crippen molar-refractivity contribution in [3.8, 4) is 0 Å². The molecule has 88 valence electrons. The van der Waals surface area contributed by atoms with Crippen molar-refractivity contribution in [1.29, 1.82) is 0 Å². The average molecular weight is 231 g/mol. The zero-order chi connectivity index (χ0) is 12.0. The lowest BCUT2D eigenvalue weighted by molar-refractivity contribution is 0.0329. The summed E-state index contributed by atoms with van der Waals surface area (Å²) in [5, 5.41) is 0. The van der Waals surface area contributed by atoms with Crippen LogP contribution in [0.1, 0.15) is 17.3 Å². The first-order chi connectivity index (χ1) is 7.66. The monoisotopic (exact) mass is 231 g/mol. The van der Waals surface area contributed by atoms with E-state index in [0.29, 0.717) is 6.61 Å². The number of carbonyl (C=O) groups excluding carboxylic acids is 1. The van der Waals surface area contributed by atoms with Crippen LogP contribution < -0.4 is 0 Å². The fourth-order valence-corrected chi connectivity index (χ4v) is 0.991. The third-order valence-electron chi connectivity index (χ3n) is 1.73. The van der Waals surface area contributed by atoms with Crippen molar-refractivity contribution in [1.82, 2.24) is 4.98 Å². The summed E-state index contributed by atoms with van der Waals surface area (Å²) in [6.07, 6.45) is 0.998. The maximum absolute atomic E-state index is 13.1. The van der Waals surface area contributed by atoms with E-state index in [1.54, 1.807) is 6.92 Å². The third kappa shape index (κ3) is 3.23. The Balaban J connectivity index is 2.56. The number of esters is 1. The van der Waals surface area contributed by atoms with Crippen molar-refractivity contribution in [3.63, 3.8) is 0 Å². The molecule has 4 nitrogen and oxygen atoms in total. The normalized spacial score (nSPS) is 10.2. The second-order valence-electron chi connectivity index (χ2n) is 2.80. The molecule has 0 aliphatic carbocycles. The van der Waals surface area contributed by atoms with Crippen LogP contribution in [0.5, 0.6) is 0 Å². The molecule has 0 aromatic carbocycles. The Kier molecular flexibility index (Phi) is 4.78. The second-order valence-corrected chi connectivity index (χ2v) is 2.80. The summed E-state index contributed by atoms with van der Waals surface area (Å²) in [5.41, 5.74) is -0.469. The standard InChI is InChI=1S/C10H11F2NO3/c1-2-15-5-6-16-10(14)7-3-4-13-9(12)8(7)11/h3-4H,2,5-6H2,1H3. The zero-order valence-corrected chi connectivity index (χ0v) is 8.70. The van der Waals surface area contributed by atoms with Gasteiger partial charge in [-0.1, -0.05) is 0 Å². The summed E-state index contributed by atoms with van der Waals surface area (Å²) >= 11 is 0. The fourth-order valence-electron chi connectivity index (χ4n) is 0.991. The topological polar surface area (TPSA) is 48.4 Å². The highest BCUT2D eigenvalue weighted by Gasteiger charge is 2.16. The molecule has 0 amide bonds. The molecule has 0 spiro atoms. The largest absolute Gasteiger partial charge is 0.460 e. The Morgan fingerprint density at radius 1 is 1.44 bits per heavy atom. The van der Waals surface area contributed by atoms with Crippen molar-refractivity contribution in [3.05, 3.63) is 29.6 Å². The molecule has 0 bridgehead atoms. The Morgan fingerprint density at radius 2 is 2.19 bits per heavy atom. The van der Waals surface area contributed by atoms with Crippen molar-refractivity contribution in [2.24, 2.45) is 0 Å². The van der Waals surface area contributed by atoms with Crippen LogP contribution in [0.3, 0.4) is 0 Å². The quantitative estimate of drug-likeness (QED) is 0.438. The minimum absolute atomic E-state index is 0.00391. The van der Waals surface area contributed by atoms with Gasteiger partial charge in [-0.25, -0.2) is 14.2 Å². The zero-order valence-electron chi connectivity index (χ0n) is 8.70. The number of ether oxygens (including phenoxy) is 2. The maximum atomic E-state index is 13.1. The van der Waals surface area contributed by atoms with Crippen molar-refractivity contribution < 1.29 is 23.0 Å². The molecule has 0 fully saturated rings. The molecule has 1 aromatic heterocycles. The number of rotatable bonds is 5. The summed E-state index contributed by atoms with van der Waals surface area (Å²) < 4.78 is 35.3. The molecule has 6 heteroatoms. The van der Waals surface area contributed by atoms with Crippen LogP contribution >= 0.6 is 0 Å². The van der Waals surface area contributed by atoms with Gasteiger partial charge in [0.25, 0.3) is 0 Å². The molecule has 0 N–H and O–H groups in total. The molecular formula is C10H11F2NO3. The highest BCUT2D eigenvalue weighted by Crippen LogP contribution is 2.09. The molecule has 0 saturated carbocycles. The summed E-state index contributed by atoms with van der Waals surface area (Å²) in [5.74, 6) is -3.55. The van der Waals surface area contributed by atoms with Crippen LogP contribution in [0, 0.1) is 11.8 Å². The second kappa shape index (κ2) is 6.12. The van der Waals surface area contributed by atoms with Crippen LogP contribution in [0.4, 0.5) is 8.78 Å². The van der Waals surface area contributed by atoms with Crippen LogP contribution in [-0.2, 0) is 9.47 Å². The molecule has 0 aliphatic heterocycles. The Morgan fingerprint density at radius 3 is 2.88 bits per heavy atom. The predicted molar refractivity (Wildman–Crippen MR) is 50.9 cm³/mol. The number of nitrogens with zero attached hydrogens (tertiary/aromatic N) is 1. The van der Waals surface area contributed by atoms with Crippen molar-refractivity contribution in [2.75, 3.05) is 19.8 Å². The van der Waals surface area contributed by atoms with Crippen molar-refractivity contribution in [2.45, 2.75) is 6.92 Å². The molecule has 1 heterocycles. The van der Waals surface area contributed by atoms with Crippen LogP contribution in [-0.4, -0.2) is 30.8 Å². The van der Waals surface area contributed by atoms with Gasteiger partial charge in [0.05, 0.1) is 6.61 Å². The molecule has 0 unspecified atom stereocenters. The summed E-state index contributed by atoms with van der Waals surface area (Å²) in [4.78, 5) is 14.3. The molecule has 0 aliphatic rings. The van der Waals surface area contributed by atoms with E-state index < -0.39 is 23.3 Å². The van der Waals surface area contributed by atoms with Crippen LogP contribution in [0.25, 0.3) is 0 Å². The van der Waals surface area contributed by atoms with Gasteiger partial charge in [0.15, 0.2) is 5.82 Å². The molecule has 16 heavy (non-hydrogen) atoms. The first kappa shape index (κ1) is 12.5. The molecule has 0 saturated heterocycles. The number of hydrogen-bond acceptors (Lipinski definition) is 4. The van der Waals surface area contributed by atoms with E-state index >= 15 is 0 Å². The number of aromatic nitrogens is 1. The summed E-state index contributed by atoms with van der Waals surface area (Å²) in [7, 11) is 0. The summed E-state index contributed by atoms with van der Waals surface area (Å²) in [6, 6.07) is 1.06. The average Bonchev–Trinajstić information content (AvgIpc) is 2.28. The SMILES string of the molecule is CCOCCOC(=O)c1ccnc(F)c1F. The van der Waals surface area contributed by atoms with Crippen LogP contribution in [0.2, 0.25) is 0 Å². The minimum atomic E-state index is -1.32. The van der Waals surface area contributed by atoms with Crippen molar-refractivity contribution >= 4 is 5.97 Å². The lowest BCUT2D eigenvalue weighted by Crippen LogP contribution is -2.13. The molecule has 0 atom stereocenters. The first-order valence-corrected chi connectivity index (χ1v) is 4.71. The minimum Gasteiger partial charge on any atom is -0.460 e. The van der Waals surface area contributed by atoms with E-state index in [0.717, 1.165) is 12.3 Å². The lowest BCUT2D eigenvalue weighted by Gasteiger charge is -2.05. The first-order valence-electron chi connectivity index (χ1n) is 4.71. The van der Waals surface area contributed by atoms with E-state index in [2.05, 4.69) is 9.72 Å². The Hall–Kier alpha value is -1.56. The van der Waals surface area contributed by atoms with Gasteiger partial charge in [-0.15, -0.1) is 0 Å². The highest BCUT2D eigenvalue weighted by atomic mass is 19.2. The number of hydrogen-bond donors (Lipinski definition) is 0. The van der Waals surface area contributed by atoms with Gasteiger partial charge in [0.1, 0.15) is 12.2 Å². The van der Waals surface area contributed by atoms with E-state index in [4.69, 9.17) is 4.74 Å². The smallest absolute Gasteiger partial charge is 0.341 e.